The van der Waals surface area contributed by atoms with Crippen molar-refractivity contribution in [1.82, 2.24) is 20.2 Å². The monoisotopic (exact) mass is 388 g/mol. The van der Waals surface area contributed by atoms with Crippen molar-refractivity contribution in [3.63, 3.8) is 0 Å². The van der Waals surface area contributed by atoms with Crippen molar-refractivity contribution in [1.29, 1.82) is 0 Å². The SMILES string of the molecule is O=C(NC1CCN(C2CC2)CC1)[C@@H]1CC[C@@H]2CN1C(=O)N2OS(=O)(=O)O. The van der Waals surface area contributed by atoms with Gasteiger partial charge in [-0.05, 0) is 38.5 Å². The van der Waals surface area contributed by atoms with E-state index >= 15 is 0 Å². The van der Waals surface area contributed by atoms with Crippen LogP contribution in [0, 0.1) is 0 Å². The van der Waals surface area contributed by atoms with Crippen molar-refractivity contribution >= 4 is 22.3 Å². The van der Waals surface area contributed by atoms with E-state index in [4.69, 9.17) is 4.55 Å². The Labute approximate surface area is 152 Å². The minimum Gasteiger partial charge on any atom is -0.351 e. The third-order valence-corrected chi connectivity index (χ3v) is 6.09. The van der Waals surface area contributed by atoms with Gasteiger partial charge in [-0.2, -0.15) is 13.5 Å². The molecule has 10 nitrogen and oxygen atoms in total. The lowest BCUT2D eigenvalue weighted by Crippen LogP contribution is -2.54. The summed E-state index contributed by atoms with van der Waals surface area (Å²) in [6.45, 7) is 2.19. The number of rotatable bonds is 5. The summed E-state index contributed by atoms with van der Waals surface area (Å²) in [4.78, 5) is 28.8. The number of piperidine rings is 2. The van der Waals surface area contributed by atoms with Gasteiger partial charge in [-0.15, -0.1) is 4.28 Å². The Morgan fingerprint density at radius 1 is 1.08 bits per heavy atom. The van der Waals surface area contributed by atoms with Gasteiger partial charge in [0.25, 0.3) is 0 Å². The van der Waals surface area contributed by atoms with Gasteiger partial charge in [0.05, 0.1) is 6.04 Å². The number of carbonyl (C=O) groups excluding carboxylic acids is 2. The van der Waals surface area contributed by atoms with Crippen LogP contribution in [0.2, 0.25) is 0 Å². The first-order valence-corrected chi connectivity index (χ1v) is 10.5. The van der Waals surface area contributed by atoms with E-state index in [1.54, 1.807) is 0 Å². The minimum atomic E-state index is -4.77. The van der Waals surface area contributed by atoms with Crippen LogP contribution in [0.5, 0.6) is 0 Å². The van der Waals surface area contributed by atoms with Gasteiger partial charge in [0.15, 0.2) is 0 Å². The van der Waals surface area contributed by atoms with Gasteiger partial charge < -0.3 is 15.1 Å². The molecule has 3 amide bonds. The molecule has 0 unspecified atom stereocenters. The van der Waals surface area contributed by atoms with Gasteiger partial charge >= 0.3 is 16.4 Å². The maximum atomic E-state index is 12.7. The van der Waals surface area contributed by atoms with E-state index in [-0.39, 0.29) is 18.5 Å². The highest BCUT2D eigenvalue weighted by Crippen LogP contribution is 2.32. The molecule has 4 rings (SSSR count). The first-order valence-electron chi connectivity index (χ1n) is 9.13. The molecule has 4 fully saturated rings. The Hall–Kier alpha value is -1.43. The topological polar surface area (TPSA) is 119 Å². The van der Waals surface area contributed by atoms with E-state index in [0.29, 0.717) is 17.9 Å². The number of likely N-dealkylation sites (tertiary alicyclic amines) is 1. The maximum Gasteiger partial charge on any atom is 0.418 e. The summed E-state index contributed by atoms with van der Waals surface area (Å²) >= 11 is 0. The molecule has 1 aliphatic carbocycles. The largest absolute Gasteiger partial charge is 0.418 e. The maximum absolute atomic E-state index is 12.7. The Bertz CT molecular complexity index is 688. The van der Waals surface area contributed by atoms with Gasteiger partial charge in [0.1, 0.15) is 6.04 Å². The lowest BCUT2D eigenvalue weighted by Gasteiger charge is -2.35. The highest BCUT2D eigenvalue weighted by Gasteiger charge is 2.49. The minimum absolute atomic E-state index is 0.109. The van der Waals surface area contributed by atoms with Crippen LogP contribution in [0.3, 0.4) is 0 Å². The van der Waals surface area contributed by atoms with Crippen LogP contribution in [-0.4, -0.2) is 83.6 Å². The molecular formula is C15H24N4O6S. The van der Waals surface area contributed by atoms with Crippen LogP contribution in [0.1, 0.15) is 38.5 Å². The van der Waals surface area contributed by atoms with Crippen molar-refractivity contribution in [2.24, 2.45) is 0 Å². The summed E-state index contributed by atoms with van der Waals surface area (Å²) in [5.74, 6) is -0.199. The Morgan fingerprint density at radius 3 is 2.35 bits per heavy atom. The van der Waals surface area contributed by atoms with Crippen LogP contribution in [0.4, 0.5) is 4.79 Å². The number of amides is 3. The molecule has 26 heavy (non-hydrogen) atoms. The molecule has 3 aliphatic heterocycles. The van der Waals surface area contributed by atoms with Crippen molar-refractivity contribution in [3.8, 4) is 0 Å². The fourth-order valence-electron chi connectivity index (χ4n) is 4.25. The molecule has 2 N–H and O–H groups in total. The Balaban J connectivity index is 1.33. The summed E-state index contributed by atoms with van der Waals surface area (Å²) in [6, 6.07) is -0.963. The van der Waals surface area contributed by atoms with Crippen LogP contribution < -0.4 is 5.32 Å². The average Bonchev–Trinajstić information content (AvgIpc) is 3.40. The molecule has 3 heterocycles. The van der Waals surface area contributed by atoms with Crippen LogP contribution in [0.25, 0.3) is 0 Å². The molecule has 146 valence electrons. The second-order valence-corrected chi connectivity index (χ2v) is 8.56. The van der Waals surface area contributed by atoms with E-state index in [0.717, 1.165) is 32.0 Å². The summed E-state index contributed by atoms with van der Waals surface area (Å²) in [7, 11) is -4.77. The number of nitrogens with one attached hydrogen (secondary N) is 1. The van der Waals surface area contributed by atoms with E-state index < -0.39 is 28.5 Å². The van der Waals surface area contributed by atoms with Gasteiger partial charge in [0, 0.05) is 31.7 Å². The van der Waals surface area contributed by atoms with Crippen LogP contribution >= 0.6 is 0 Å². The van der Waals surface area contributed by atoms with Crippen molar-refractivity contribution in [2.45, 2.75) is 62.7 Å². The molecule has 2 bridgehead atoms. The van der Waals surface area contributed by atoms with Crippen molar-refractivity contribution in [2.75, 3.05) is 19.6 Å². The standard InChI is InChI=1S/C15H24N4O6S/c20-14(16-10-5-7-17(8-6-10)11-1-2-11)13-4-3-12-9-18(13)15(21)19(12)25-26(22,23)24/h10-13H,1-9H2,(H,16,20)(H,22,23,24)/t12-,13+/m1/s1. The number of hydrogen-bond donors (Lipinski definition) is 2. The molecule has 4 aliphatic rings. The quantitative estimate of drug-likeness (QED) is 0.622. The summed E-state index contributed by atoms with van der Waals surface area (Å²) in [5.41, 5.74) is 0. The zero-order valence-corrected chi connectivity index (χ0v) is 15.2. The van der Waals surface area contributed by atoms with E-state index in [1.165, 1.54) is 17.7 Å². The number of urea groups is 1. The van der Waals surface area contributed by atoms with Gasteiger partial charge in [-0.1, -0.05) is 0 Å². The zero-order chi connectivity index (χ0) is 18.5. The molecule has 0 radical (unpaired) electrons. The normalized spacial score (nSPS) is 30.7. The second kappa shape index (κ2) is 6.63. The van der Waals surface area contributed by atoms with Gasteiger partial charge in [0.2, 0.25) is 5.91 Å². The highest BCUT2D eigenvalue weighted by molar-refractivity contribution is 7.80. The lowest BCUT2D eigenvalue weighted by atomic mass is 9.98. The Morgan fingerprint density at radius 2 is 1.73 bits per heavy atom. The molecule has 1 saturated carbocycles. The average molecular weight is 388 g/mol. The predicted molar refractivity (Wildman–Crippen MR) is 89.1 cm³/mol. The van der Waals surface area contributed by atoms with E-state index in [2.05, 4.69) is 14.5 Å². The zero-order valence-electron chi connectivity index (χ0n) is 14.4. The molecule has 3 saturated heterocycles. The number of nitrogens with zero attached hydrogens (tertiary/aromatic N) is 3. The summed E-state index contributed by atoms with van der Waals surface area (Å²) in [6.07, 6.45) is 5.25. The predicted octanol–water partition coefficient (Wildman–Crippen LogP) is -0.268. The molecule has 0 aromatic carbocycles. The van der Waals surface area contributed by atoms with E-state index in [9.17, 15) is 18.0 Å². The number of hydrogen-bond acceptors (Lipinski definition) is 6. The van der Waals surface area contributed by atoms with Crippen molar-refractivity contribution in [3.05, 3.63) is 0 Å². The lowest BCUT2D eigenvalue weighted by molar-refractivity contribution is -0.127. The van der Waals surface area contributed by atoms with Gasteiger partial charge in [-0.25, -0.2) is 4.79 Å². The Kier molecular flexibility index (Phi) is 4.58. The molecular weight excluding hydrogens is 364 g/mol. The fraction of sp³-hybridized carbons (Fsp3) is 0.867. The number of hydroxylamine groups is 2. The van der Waals surface area contributed by atoms with Gasteiger partial charge in [-0.3, -0.25) is 9.35 Å². The molecule has 2 atom stereocenters. The second-order valence-electron chi connectivity index (χ2n) is 7.56. The molecule has 0 aromatic rings. The number of fused-ring (bicyclic) bond motifs is 2. The summed E-state index contributed by atoms with van der Waals surface area (Å²) in [5, 5.41) is 3.71. The van der Waals surface area contributed by atoms with Crippen molar-refractivity contribution < 1.29 is 26.8 Å². The molecule has 0 spiro atoms. The first-order chi connectivity index (χ1) is 12.3. The van der Waals surface area contributed by atoms with Crippen LogP contribution in [0.15, 0.2) is 0 Å². The smallest absolute Gasteiger partial charge is 0.351 e. The molecule has 0 aromatic heterocycles. The molecule has 11 heteroatoms. The fourth-order valence-corrected chi connectivity index (χ4v) is 4.64. The highest BCUT2D eigenvalue weighted by atomic mass is 32.3. The third kappa shape index (κ3) is 3.66. The first kappa shape index (κ1) is 18.0. The van der Waals surface area contributed by atoms with E-state index in [1.807, 2.05) is 0 Å². The summed E-state index contributed by atoms with van der Waals surface area (Å²) < 4.78 is 35.0. The van der Waals surface area contributed by atoms with Crippen LogP contribution in [-0.2, 0) is 19.5 Å². The number of carbonyl (C=O) groups is 2. The third-order valence-electron chi connectivity index (χ3n) is 5.74.